The molecule has 0 heterocycles. The number of hydrogen-bond donors (Lipinski definition) is 0. The van der Waals surface area contributed by atoms with E-state index in [-0.39, 0.29) is 5.97 Å². The van der Waals surface area contributed by atoms with Gasteiger partial charge in [-0.3, -0.25) is 4.79 Å². The average Bonchev–Trinajstić information content (AvgIpc) is 2.01. The van der Waals surface area contributed by atoms with Crippen molar-refractivity contribution in [3.8, 4) is 0 Å². The van der Waals surface area contributed by atoms with Gasteiger partial charge < -0.3 is 9.64 Å². The second-order valence-electron chi connectivity index (χ2n) is 4.51. The summed E-state index contributed by atoms with van der Waals surface area (Å²) in [5.41, 5.74) is 0. The molecule has 0 bridgehead atoms. The predicted molar refractivity (Wildman–Crippen MR) is 65.6 cm³/mol. The van der Waals surface area contributed by atoms with E-state index in [0.29, 0.717) is 11.9 Å². The second-order valence-corrected chi connectivity index (χ2v) is 10.2. The van der Waals surface area contributed by atoms with E-state index in [0.717, 1.165) is 12.2 Å². The van der Waals surface area contributed by atoms with Crippen LogP contribution in [0, 0.1) is 0 Å². The fourth-order valence-electron chi connectivity index (χ4n) is 1.41. The van der Waals surface area contributed by atoms with Crippen LogP contribution >= 0.6 is 15.9 Å². The number of carbonyl (C=O) groups is 1. The van der Waals surface area contributed by atoms with Crippen molar-refractivity contribution >= 4 is 30.0 Å². The molecule has 14 heavy (non-hydrogen) atoms. The van der Waals surface area contributed by atoms with E-state index in [1.807, 2.05) is 0 Å². The Balaban J connectivity index is 3.70. The summed E-state index contributed by atoms with van der Waals surface area (Å²) in [5.74, 6) is -0.167. The molecule has 0 amide bonds. The third kappa shape index (κ3) is 7.52. The molecular weight excluding hydrogens is 262 g/mol. The number of halogens is 1. The minimum Gasteiger partial charge on any atom is -0.465 e. The van der Waals surface area contributed by atoms with Gasteiger partial charge in [-0.25, -0.2) is 0 Å². The summed E-state index contributed by atoms with van der Waals surface area (Å²) in [6.45, 7) is 5.20. The Hall–Kier alpha value is 0.127. The maximum atomic E-state index is 10.9. The molecular formula is C9H20BrNO2Si. The Bertz CT molecular complexity index is 186. The molecule has 0 atom stereocenters. The lowest BCUT2D eigenvalue weighted by Gasteiger charge is -2.25. The van der Waals surface area contributed by atoms with Gasteiger partial charge in [0.2, 0.25) is 0 Å². The second kappa shape index (κ2) is 6.58. The van der Waals surface area contributed by atoms with Gasteiger partial charge >= 0.3 is 5.97 Å². The first kappa shape index (κ1) is 14.1. The number of hydrogen-bond acceptors (Lipinski definition) is 3. The molecule has 0 saturated carbocycles. The van der Waals surface area contributed by atoms with E-state index in [1.54, 1.807) is 0 Å². The minimum atomic E-state index is -1.21. The van der Waals surface area contributed by atoms with Gasteiger partial charge in [-0.05, 0) is 26.3 Å². The molecule has 0 rings (SSSR count). The molecule has 0 aliphatic rings. The molecule has 0 radical (unpaired) electrons. The minimum absolute atomic E-state index is 0.167. The molecule has 0 aromatic rings. The Morgan fingerprint density at radius 1 is 1.43 bits per heavy atom. The van der Waals surface area contributed by atoms with Gasteiger partial charge in [-0.2, -0.15) is 0 Å². The first-order chi connectivity index (χ1) is 6.37. The number of nitrogens with zero attached hydrogens (tertiary/aromatic N) is 1. The molecule has 0 unspecified atom stereocenters. The number of carbonyl (C=O) groups excluding carboxylic acids is 1. The maximum Gasteiger partial charge on any atom is 0.316 e. The fourth-order valence-corrected chi connectivity index (χ4v) is 4.10. The summed E-state index contributed by atoms with van der Waals surface area (Å²) >= 11 is 3.06. The average molecular weight is 282 g/mol. The van der Waals surface area contributed by atoms with E-state index >= 15 is 0 Å². The third-order valence-electron chi connectivity index (χ3n) is 1.90. The summed E-state index contributed by atoms with van der Waals surface area (Å²) in [6.07, 6.45) is 1.14. The Kier molecular flexibility index (Phi) is 6.64. The van der Waals surface area contributed by atoms with Crippen LogP contribution in [-0.2, 0) is 9.53 Å². The van der Waals surface area contributed by atoms with Gasteiger partial charge in [-0.1, -0.05) is 29.0 Å². The number of ether oxygens (including phenoxy) is 1. The Labute approximate surface area is 95.9 Å². The topological polar surface area (TPSA) is 29.5 Å². The van der Waals surface area contributed by atoms with Crippen molar-refractivity contribution in [2.24, 2.45) is 0 Å². The van der Waals surface area contributed by atoms with Crippen LogP contribution in [0.25, 0.3) is 0 Å². The molecule has 84 valence electrons. The van der Waals surface area contributed by atoms with E-state index < -0.39 is 8.07 Å². The molecule has 0 fully saturated rings. The maximum absolute atomic E-state index is 10.9. The summed E-state index contributed by atoms with van der Waals surface area (Å²) in [4.78, 5) is 13.1. The molecule has 0 aliphatic heterocycles. The van der Waals surface area contributed by atoms with Crippen molar-refractivity contribution in [2.75, 3.05) is 32.2 Å². The highest BCUT2D eigenvalue weighted by atomic mass is 79.9. The van der Waals surface area contributed by atoms with Crippen molar-refractivity contribution in [2.45, 2.75) is 19.1 Å². The van der Waals surface area contributed by atoms with E-state index in [9.17, 15) is 4.79 Å². The predicted octanol–water partition coefficient (Wildman–Crippen LogP) is 1.73. The van der Waals surface area contributed by atoms with Crippen LogP contribution < -0.4 is 0 Å². The molecule has 0 aromatic heterocycles. The fraction of sp³-hybridized carbons (Fsp3) is 0.889. The van der Waals surface area contributed by atoms with Gasteiger partial charge in [-0.15, -0.1) is 0 Å². The van der Waals surface area contributed by atoms with Crippen molar-refractivity contribution in [1.82, 2.24) is 4.90 Å². The van der Waals surface area contributed by atoms with Crippen LogP contribution in [0.15, 0.2) is 0 Å². The lowest BCUT2D eigenvalue weighted by molar-refractivity contribution is -0.139. The smallest absolute Gasteiger partial charge is 0.316 e. The monoisotopic (exact) mass is 281 g/mol. The van der Waals surface area contributed by atoms with Crippen LogP contribution in [0.4, 0.5) is 0 Å². The third-order valence-corrected chi connectivity index (χ3v) is 5.40. The number of esters is 1. The summed E-state index contributed by atoms with van der Waals surface area (Å²) in [5, 5.41) is 0.294. The van der Waals surface area contributed by atoms with Crippen LogP contribution in [0.2, 0.25) is 19.1 Å². The highest BCUT2D eigenvalue weighted by Crippen LogP contribution is 2.10. The molecule has 0 aromatic carbocycles. The number of rotatable bonds is 6. The first-order valence-electron chi connectivity index (χ1n) is 4.74. The van der Waals surface area contributed by atoms with Crippen molar-refractivity contribution in [3.63, 3.8) is 0 Å². The SMILES string of the molecule is CN(C)C[Si](C)(C)CCOC(=O)CBr. The molecule has 0 aliphatic carbocycles. The Morgan fingerprint density at radius 3 is 2.43 bits per heavy atom. The molecule has 0 N–H and O–H groups in total. The standard InChI is InChI=1S/C9H20BrNO2Si/c1-11(2)8-14(3,4)6-5-13-9(12)7-10/h5-8H2,1-4H3. The van der Waals surface area contributed by atoms with Crippen LogP contribution in [0.1, 0.15) is 0 Å². The molecule has 0 saturated heterocycles. The van der Waals surface area contributed by atoms with Gasteiger partial charge in [0, 0.05) is 0 Å². The highest BCUT2D eigenvalue weighted by molar-refractivity contribution is 9.09. The number of alkyl halides is 1. The van der Waals surface area contributed by atoms with Crippen LogP contribution in [0.3, 0.4) is 0 Å². The van der Waals surface area contributed by atoms with E-state index in [2.05, 4.69) is 48.0 Å². The van der Waals surface area contributed by atoms with Gasteiger partial charge in [0.05, 0.1) is 14.7 Å². The van der Waals surface area contributed by atoms with Gasteiger partial charge in [0.15, 0.2) is 0 Å². The van der Waals surface area contributed by atoms with Crippen LogP contribution in [-0.4, -0.2) is 51.1 Å². The van der Waals surface area contributed by atoms with Crippen molar-refractivity contribution in [1.29, 1.82) is 0 Å². The van der Waals surface area contributed by atoms with Crippen molar-refractivity contribution in [3.05, 3.63) is 0 Å². The first-order valence-corrected chi connectivity index (χ1v) is 9.27. The summed E-state index contributed by atoms with van der Waals surface area (Å²) in [7, 11) is 2.95. The molecule has 0 spiro atoms. The molecule has 5 heteroatoms. The van der Waals surface area contributed by atoms with Crippen molar-refractivity contribution < 1.29 is 9.53 Å². The summed E-state index contributed by atoms with van der Waals surface area (Å²) < 4.78 is 5.04. The van der Waals surface area contributed by atoms with Crippen LogP contribution in [0.5, 0.6) is 0 Å². The zero-order chi connectivity index (χ0) is 11.2. The highest BCUT2D eigenvalue weighted by Gasteiger charge is 2.21. The largest absolute Gasteiger partial charge is 0.465 e. The Morgan fingerprint density at radius 2 is 2.00 bits per heavy atom. The zero-order valence-electron chi connectivity index (χ0n) is 9.47. The lowest BCUT2D eigenvalue weighted by Crippen LogP contribution is -2.40. The van der Waals surface area contributed by atoms with E-state index in [1.165, 1.54) is 0 Å². The molecule has 3 nitrogen and oxygen atoms in total. The quantitative estimate of drug-likeness (QED) is 0.422. The zero-order valence-corrected chi connectivity index (χ0v) is 12.1. The van der Waals surface area contributed by atoms with Gasteiger partial charge in [0.1, 0.15) is 5.33 Å². The summed E-state index contributed by atoms with van der Waals surface area (Å²) in [6, 6.07) is 1.03. The lowest BCUT2D eigenvalue weighted by atomic mass is 10.8. The normalized spacial score (nSPS) is 11.9. The van der Waals surface area contributed by atoms with E-state index in [4.69, 9.17) is 4.74 Å². The van der Waals surface area contributed by atoms with Gasteiger partial charge in [0.25, 0.3) is 0 Å².